The number of rotatable bonds is 8. The fourth-order valence-electron chi connectivity index (χ4n) is 1.75. The molecule has 0 unspecified atom stereocenters. The maximum atomic E-state index is 5.75. The van der Waals surface area contributed by atoms with Crippen LogP contribution in [0.1, 0.15) is 33.3 Å². The molecule has 4 nitrogen and oxygen atoms in total. The highest BCUT2D eigenvalue weighted by molar-refractivity contribution is 5.43. The third-order valence-corrected chi connectivity index (χ3v) is 2.56. The second kappa shape index (κ2) is 8.12. The van der Waals surface area contributed by atoms with Gasteiger partial charge in [0.25, 0.3) is 0 Å². The third kappa shape index (κ3) is 6.26. The molecule has 1 aromatic rings. The van der Waals surface area contributed by atoms with Gasteiger partial charge in [0.1, 0.15) is 6.61 Å². The molecule has 0 fully saturated rings. The van der Waals surface area contributed by atoms with Gasteiger partial charge in [-0.15, -0.1) is 0 Å². The number of nitrogens with one attached hydrogen (secondary N) is 1. The molecule has 0 spiro atoms. The SMILES string of the molecule is CCOc1cc(CNC)ccc1OCCOC(C)(C)C. The Labute approximate surface area is 122 Å². The minimum Gasteiger partial charge on any atom is -0.490 e. The summed E-state index contributed by atoms with van der Waals surface area (Å²) in [4.78, 5) is 0. The van der Waals surface area contributed by atoms with Crippen molar-refractivity contribution in [2.45, 2.75) is 39.8 Å². The molecule has 114 valence electrons. The van der Waals surface area contributed by atoms with Gasteiger partial charge in [0, 0.05) is 6.54 Å². The summed E-state index contributed by atoms with van der Waals surface area (Å²) in [5, 5.41) is 3.13. The van der Waals surface area contributed by atoms with Gasteiger partial charge in [0.2, 0.25) is 0 Å². The predicted octanol–water partition coefficient (Wildman–Crippen LogP) is 3.00. The monoisotopic (exact) mass is 281 g/mol. The fraction of sp³-hybridized carbons (Fsp3) is 0.625. The summed E-state index contributed by atoms with van der Waals surface area (Å²) in [5.41, 5.74) is 1.04. The molecule has 0 amide bonds. The lowest BCUT2D eigenvalue weighted by Gasteiger charge is -2.20. The number of hydrogen-bond acceptors (Lipinski definition) is 4. The Hall–Kier alpha value is -1.26. The van der Waals surface area contributed by atoms with E-state index >= 15 is 0 Å². The molecule has 0 aromatic heterocycles. The highest BCUT2D eigenvalue weighted by Gasteiger charge is 2.10. The number of ether oxygens (including phenoxy) is 3. The Balaban J connectivity index is 2.59. The summed E-state index contributed by atoms with van der Waals surface area (Å²) in [5.74, 6) is 1.56. The van der Waals surface area contributed by atoms with Crippen LogP contribution in [-0.4, -0.2) is 32.5 Å². The molecule has 0 heterocycles. The largest absolute Gasteiger partial charge is 0.490 e. The van der Waals surface area contributed by atoms with Crippen LogP contribution in [0.15, 0.2) is 18.2 Å². The van der Waals surface area contributed by atoms with Crippen molar-refractivity contribution in [3.8, 4) is 11.5 Å². The summed E-state index contributed by atoms with van der Waals surface area (Å²) >= 11 is 0. The van der Waals surface area contributed by atoms with Crippen LogP contribution in [0.4, 0.5) is 0 Å². The zero-order chi connectivity index (χ0) is 15.0. The Morgan fingerprint density at radius 3 is 2.40 bits per heavy atom. The van der Waals surface area contributed by atoms with E-state index in [0.717, 1.165) is 18.0 Å². The molecule has 0 aliphatic rings. The molecule has 1 aromatic carbocycles. The maximum Gasteiger partial charge on any atom is 0.161 e. The van der Waals surface area contributed by atoms with E-state index in [9.17, 15) is 0 Å². The van der Waals surface area contributed by atoms with Crippen molar-refractivity contribution in [2.24, 2.45) is 0 Å². The van der Waals surface area contributed by atoms with Gasteiger partial charge in [-0.3, -0.25) is 0 Å². The first-order valence-electron chi connectivity index (χ1n) is 7.13. The van der Waals surface area contributed by atoms with Crippen molar-refractivity contribution in [3.63, 3.8) is 0 Å². The van der Waals surface area contributed by atoms with Crippen LogP contribution in [0, 0.1) is 0 Å². The molecular weight excluding hydrogens is 254 g/mol. The molecule has 20 heavy (non-hydrogen) atoms. The van der Waals surface area contributed by atoms with E-state index in [1.54, 1.807) is 0 Å². The minimum absolute atomic E-state index is 0.136. The first-order chi connectivity index (χ1) is 9.46. The fourth-order valence-corrected chi connectivity index (χ4v) is 1.75. The van der Waals surface area contributed by atoms with Gasteiger partial charge < -0.3 is 19.5 Å². The van der Waals surface area contributed by atoms with Gasteiger partial charge in [0.15, 0.2) is 11.5 Å². The summed E-state index contributed by atoms with van der Waals surface area (Å²) in [7, 11) is 1.93. The topological polar surface area (TPSA) is 39.7 Å². The number of hydrogen-bond donors (Lipinski definition) is 1. The Morgan fingerprint density at radius 2 is 1.80 bits per heavy atom. The normalized spacial score (nSPS) is 11.4. The molecule has 0 saturated heterocycles. The van der Waals surface area contributed by atoms with E-state index < -0.39 is 0 Å². The van der Waals surface area contributed by atoms with E-state index in [-0.39, 0.29) is 5.60 Å². The van der Waals surface area contributed by atoms with E-state index in [1.165, 1.54) is 5.56 Å². The third-order valence-electron chi connectivity index (χ3n) is 2.56. The van der Waals surface area contributed by atoms with Crippen molar-refractivity contribution in [2.75, 3.05) is 26.9 Å². The van der Waals surface area contributed by atoms with Gasteiger partial charge in [-0.25, -0.2) is 0 Å². The Morgan fingerprint density at radius 1 is 1.05 bits per heavy atom. The van der Waals surface area contributed by atoms with E-state index in [0.29, 0.717) is 19.8 Å². The lowest BCUT2D eigenvalue weighted by molar-refractivity contribution is -0.0165. The second-order valence-electron chi connectivity index (χ2n) is 5.55. The van der Waals surface area contributed by atoms with Gasteiger partial charge in [-0.2, -0.15) is 0 Å². The molecule has 0 atom stereocenters. The molecule has 1 N–H and O–H groups in total. The molecule has 0 aliphatic heterocycles. The molecule has 1 rings (SSSR count). The zero-order valence-electron chi connectivity index (χ0n) is 13.3. The summed E-state index contributed by atoms with van der Waals surface area (Å²) in [6.07, 6.45) is 0. The molecule has 4 heteroatoms. The molecule has 0 aliphatic carbocycles. The molecule has 0 bridgehead atoms. The Kier molecular flexibility index (Phi) is 6.82. The molecular formula is C16H27NO3. The van der Waals surface area contributed by atoms with Gasteiger partial charge in [0.05, 0.1) is 18.8 Å². The highest BCUT2D eigenvalue weighted by Crippen LogP contribution is 2.28. The zero-order valence-corrected chi connectivity index (χ0v) is 13.3. The van der Waals surface area contributed by atoms with Crippen LogP contribution >= 0.6 is 0 Å². The highest BCUT2D eigenvalue weighted by atomic mass is 16.5. The maximum absolute atomic E-state index is 5.75. The van der Waals surface area contributed by atoms with Gasteiger partial charge >= 0.3 is 0 Å². The average Bonchev–Trinajstić information content (AvgIpc) is 2.36. The van der Waals surface area contributed by atoms with Crippen molar-refractivity contribution in [3.05, 3.63) is 23.8 Å². The van der Waals surface area contributed by atoms with Crippen LogP contribution in [0.3, 0.4) is 0 Å². The smallest absolute Gasteiger partial charge is 0.161 e. The summed E-state index contributed by atoms with van der Waals surface area (Å²) < 4.78 is 17.0. The van der Waals surface area contributed by atoms with Crippen LogP contribution in [0.2, 0.25) is 0 Å². The van der Waals surface area contributed by atoms with E-state index in [4.69, 9.17) is 14.2 Å². The predicted molar refractivity (Wildman–Crippen MR) is 81.6 cm³/mol. The lowest BCUT2D eigenvalue weighted by Crippen LogP contribution is -2.22. The quantitative estimate of drug-likeness (QED) is 0.744. The number of benzene rings is 1. The Bertz CT molecular complexity index is 399. The van der Waals surface area contributed by atoms with Crippen LogP contribution in [0.25, 0.3) is 0 Å². The standard InChI is InChI=1S/C16H27NO3/c1-6-18-15-11-13(12-17-5)7-8-14(15)19-9-10-20-16(2,3)4/h7-8,11,17H,6,9-10,12H2,1-5H3. The molecule has 0 radical (unpaired) electrons. The molecule has 0 saturated carbocycles. The second-order valence-corrected chi connectivity index (χ2v) is 5.55. The lowest BCUT2D eigenvalue weighted by atomic mass is 10.2. The van der Waals surface area contributed by atoms with Crippen LogP contribution in [0.5, 0.6) is 11.5 Å². The average molecular weight is 281 g/mol. The summed E-state index contributed by atoms with van der Waals surface area (Å²) in [6, 6.07) is 6.01. The van der Waals surface area contributed by atoms with Gasteiger partial charge in [-0.1, -0.05) is 6.07 Å². The van der Waals surface area contributed by atoms with Crippen molar-refractivity contribution >= 4 is 0 Å². The van der Waals surface area contributed by atoms with Gasteiger partial charge in [-0.05, 0) is 52.4 Å². The van der Waals surface area contributed by atoms with E-state index in [1.807, 2.05) is 52.9 Å². The van der Waals surface area contributed by atoms with Crippen LogP contribution < -0.4 is 14.8 Å². The van der Waals surface area contributed by atoms with Crippen molar-refractivity contribution in [1.82, 2.24) is 5.32 Å². The van der Waals surface area contributed by atoms with Crippen molar-refractivity contribution in [1.29, 1.82) is 0 Å². The minimum atomic E-state index is -0.136. The summed E-state index contributed by atoms with van der Waals surface area (Å²) in [6.45, 7) is 10.6. The first kappa shape index (κ1) is 16.8. The first-order valence-corrected chi connectivity index (χ1v) is 7.13. The van der Waals surface area contributed by atoms with E-state index in [2.05, 4.69) is 5.32 Å². The van der Waals surface area contributed by atoms with Crippen LogP contribution in [-0.2, 0) is 11.3 Å². The van der Waals surface area contributed by atoms with Crippen molar-refractivity contribution < 1.29 is 14.2 Å².